The highest BCUT2D eigenvalue weighted by Crippen LogP contribution is 2.38. The molecule has 21 heavy (non-hydrogen) atoms. The van der Waals surface area contributed by atoms with Gasteiger partial charge in [-0.3, -0.25) is 0 Å². The third-order valence-corrected chi connectivity index (χ3v) is 6.84. The monoisotopic (exact) mass is 342 g/mol. The molecule has 0 radical (unpaired) electrons. The van der Waals surface area contributed by atoms with Crippen LogP contribution in [0.5, 0.6) is 0 Å². The summed E-state index contributed by atoms with van der Waals surface area (Å²) in [4.78, 5) is 5.35. The molecule has 2 aromatic heterocycles. The van der Waals surface area contributed by atoms with Gasteiger partial charge < -0.3 is 0 Å². The van der Waals surface area contributed by atoms with E-state index in [2.05, 4.69) is 4.98 Å². The summed E-state index contributed by atoms with van der Waals surface area (Å²) in [6, 6.07) is 4.84. The van der Waals surface area contributed by atoms with Crippen molar-refractivity contribution in [2.75, 3.05) is 6.54 Å². The van der Waals surface area contributed by atoms with E-state index in [0.717, 1.165) is 18.4 Å². The third kappa shape index (κ3) is 2.61. The first kappa shape index (κ1) is 15.0. The van der Waals surface area contributed by atoms with E-state index in [1.54, 1.807) is 15.6 Å². The fourth-order valence-corrected chi connectivity index (χ4v) is 5.63. The van der Waals surface area contributed by atoms with Gasteiger partial charge in [0.25, 0.3) is 0 Å². The van der Waals surface area contributed by atoms with Crippen molar-refractivity contribution in [3.63, 3.8) is 0 Å². The maximum atomic E-state index is 12.9. The van der Waals surface area contributed by atoms with Crippen molar-refractivity contribution >= 4 is 33.0 Å². The molecule has 2 aromatic rings. The molecule has 3 heterocycles. The quantitative estimate of drug-likeness (QED) is 0.802. The molecule has 0 saturated heterocycles. The fraction of sp³-hybridized carbons (Fsp3) is 0.357. The van der Waals surface area contributed by atoms with Gasteiger partial charge in [-0.15, -0.1) is 11.3 Å². The lowest BCUT2D eigenvalue weighted by atomic mass is 10.0. The normalized spacial score (nSPS) is 19.4. The maximum Gasteiger partial charge on any atom is 0.243 e. The average Bonchev–Trinajstić information content (AvgIpc) is 2.94. The zero-order valence-corrected chi connectivity index (χ0v) is 13.9. The molecular weight excluding hydrogens is 328 g/mol. The molecule has 0 N–H and O–H groups in total. The van der Waals surface area contributed by atoms with E-state index in [4.69, 9.17) is 11.6 Å². The van der Waals surface area contributed by atoms with Crippen LogP contribution in [0, 0.1) is 0 Å². The molecular formula is C14H15ClN2O2S2. The second kappa shape index (κ2) is 5.68. The highest BCUT2D eigenvalue weighted by atomic mass is 35.5. The van der Waals surface area contributed by atoms with Crippen LogP contribution in [0.2, 0.25) is 5.15 Å². The zero-order valence-electron chi connectivity index (χ0n) is 11.5. The molecule has 0 fully saturated rings. The third-order valence-electron chi connectivity index (χ3n) is 3.74. The molecule has 0 saturated carbocycles. The Bertz CT molecular complexity index is 758. The van der Waals surface area contributed by atoms with E-state index in [-0.39, 0.29) is 16.1 Å². The van der Waals surface area contributed by atoms with Crippen LogP contribution in [0.3, 0.4) is 0 Å². The standard InChI is InChI=1S/C14H15ClN2O2S2/c1-2-12-11-5-8-20-13(11)4-7-17(12)21(18,19)10-3-6-16-14(15)9-10/h3,5-6,8-9,12H,2,4,7H2,1H3. The number of nitrogens with zero attached hydrogens (tertiary/aromatic N) is 2. The molecule has 1 aliphatic heterocycles. The molecule has 1 atom stereocenters. The van der Waals surface area contributed by atoms with Crippen LogP contribution >= 0.6 is 22.9 Å². The van der Waals surface area contributed by atoms with E-state index < -0.39 is 10.0 Å². The van der Waals surface area contributed by atoms with Gasteiger partial charge in [-0.05, 0) is 42.0 Å². The van der Waals surface area contributed by atoms with Gasteiger partial charge in [0.1, 0.15) is 5.15 Å². The number of thiophene rings is 1. The number of halogens is 1. The Balaban J connectivity index is 2.03. The predicted octanol–water partition coefficient (Wildman–Crippen LogP) is 3.49. The van der Waals surface area contributed by atoms with Crippen molar-refractivity contribution in [2.24, 2.45) is 0 Å². The number of rotatable bonds is 3. The molecule has 1 aliphatic rings. The van der Waals surface area contributed by atoms with Crippen molar-refractivity contribution in [3.05, 3.63) is 45.4 Å². The van der Waals surface area contributed by atoms with Crippen molar-refractivity contribution in [2.45, 2.75) is 30.7 Å². The smallest absolute Gasteiger partial charge is 0.243 e. The predicted molar refractivity (Wildman–Crippen MR) is 84.2 cm³/mol. The summed E-state index contributed by atoms with van der Waals surface area (Å²) in [5, 5.41) is 2.23. The Morgan fingerprint density at radius 1 is 1.48 bits per heavy atom. The van der Waals surface area contributed by atoms with E-state index in [9.17, 15) is 8.42 Å². The van der Waals surface area contributed by atoms with Crippen LogP contribution < -0.4 is 0 Å². The van der Waals surface area contributed by atoms with Crippen LogP contribution in [-0.4, -0.2) is 24.3 Å². The zero-order chi connectivity index (χ0) is 15.0. The van der Waals surface area contributed by atoms with Gasteiger partial charge in [0.15, 0.2) is 0 Å². The number of hydrogen-bond acceptors (Lipinski definition) is 4. The number of sulfonamides is 1. The summed E-state index contributed by atoms with van der Waals surface area (Å²) < 4.78 is 27.4. The van der Waals surface area contributed by atoms with Gasteiger partial charge in [0.2, 0.25) is 10.0 Å². The first-order chi connectivity index (χ1) is 10.0. The number of pyridine rings is 1. The molecule has 0 aliphatic carbocycles. The van der Waals surface area contributed by atoms with Crippen molar-refractivity contribution < 1.29 is 8.42 Å². The second-order valence-electron chi connectivity index (χ2n) is 4.90. The summed E-state index contributed by atoms with van der Waals surface area (Å²) in [7, 11) is -3.55. The van der Waals surface area contributed by atoms with Crippen LogP contribution in [0.1, 0.15) is 29.8 Å². The Morgan fingerprint density at radius 2 is 2.29 bits per heavy atom. The van der Waals surface area contributed by atoms with Crippen molar-refractivity contribution in [1.82, 2.24) is 9.29 Å². The van der Waals surface area contributed by atoms with Gasteiger partial charge in [-0.2, -0.15) is 4.31 Å². The highest BCUT2D eigenvalue weighted by Gasteiger charge is 2.36. The van der Waals surface area contributed by atoms with E-state index in [0.29, 0.717) is 6.54 Å². The minimum atomic E-state index is -3.55. The van der Waals surface area contributed by atoms with Crippen LogP contribution in [0.25, 0.3) is 0 Å². The lowest BCUT2D eigenvalue weighted by molar-refractivity contribution is 0.303. The topological polar surface area (TPSA) is 50.3 Å². The Labute approximate surface area is 133 Å². The summed E-state index contributed by atoms with van der Waals surface area (Å²) in [6.45, 7) is 2.52. The fourth-order valence-electron chi connectivity index (χ4n) is 2.77. The summed E-state index contributed by atoms with van der Waals surface area (Å²) >= 11 is 7.53. The SMILES string of the molecule is CCC1c2ccsc2CCN1S(=O)(=O)c1ccnc(Cl)c1. The Morgan fingerprint density at radius 3 is 3.00 bits per heavy atom. The molecule has 7 heteroatoms. The van der Waals surface area contributed by atoms with Gasteiger partial charge >= 0.3 is 0 Å². The number of aromatic nitrogens is 1. The summed E-state index contributed by atoms with van der Waals surface area (Å²) in [6.07, 6.45) is 2.94. The lowest BCUT2D eigenvalue weighted by Crippen LogP contribution is -2.39. The number of hydrogen-bond donors (Lipinski definition) is 0. The molecule has 4 nitrogen and oxygen atoms in total. The summed E-state index contributed by atoms with van der Waals surface area (Å²) in [5.74, 6) is 0. The molecule has 0 aromatic carbocycles. The first-order valence-electron chi connectivity index (χ1n) is 6.73. The molecule has 0 spiro atoms. The van der Waals surface area contributed by atoms with Gasteiger partial charge in [-0.25, -0.2) is 13.4 Å². The van der Waals surface area contributed by atoms with Crippen molar-refractivity contribution in [3.8, 4) is 0 Å². The van der Waals surface area contributed by atoms with Gasteiger partial charge in [-0.1, -0.05) is 18.5 Å². The Hall–Kier alpha value is -0.950. The molecule has 112 valence electrons. The molecule has 0 bridgehead atoms. The lowest BCUT2D eigenvalue weighted by Gasteiger charge is -2.34. The minimum Gasteiger partial charge on any atom is -0.244 e. The Kier molecular flexibility index (Phi) is 4.05. The van der Waals surface area contributed by atoms with Crippen LogP contribution in [0.15, 0.2) is 34.7 Å². The van der Waals surface area contributed by atoms with Crippen molar-refractivity contribution in [1.29, 1.82) is 0 Å². The second-order valence-corrected chi connectivity index (χ2v) is 8.18. The summed E-state index contributed by atoms with van der Waals surface area (Å²) in [5.41, 5.74) is 1.14. The first-order valence-corrected chi connectivity index (χ1v) is 9.43. The van der Waals surface area contributed by atoms with Gasteiger partial charge in [0.05, 0.1) is 10.9 Å². The largest absolute Gasteiger partial charge is 0.244 e. The maximum absolute atomic E-state index is 12.9. The molecule has 0 amide bonds. The van der Waals surface area contributed by atoms with Gasteiger partial charge in [0, 0.05) is 17.6 Å². The van der Waals surface area contributed by atoms with E-state index >= 15 is 0 Å². The average molecular weight is 343 g/mol. The number of fused-ring (bicyclic) bond motifs is 1. The van der Waals surface area contributed by atoms with Crippen LogP contribution in [0.4, 0.5) is 0 Å². The molecule has 3 rings (SSSR count). The van der Waals surface area contributed by atoms with E-state index in [1.165, 1.54) is 23.2 Å². The minimum absolute atomic E-state index is 0.100. The van der Waals surface area contributed by atoms with E-state index in [1.807, 2.05) is 18.4 Å². The van der Waals surface area contributed by atoms with Crippen LogP contribution in [-0.2, 0) is 16.4 Å². The highest BCUT2D eigenvalue weighted by molar-refractivity contribution is 7.89. The molecule has 1 unspecified atom stereocenters.